The minimum Gasteiger partial charge on any atom is -0.347 e. The van der Waals surface area contributed by atoms with Crippen LogP contribution >= 0.6 is 0 Å². The lowest BCUT2D eigenvalue weighted by atomic mass is 9.79. The molecule has 0 atom stereocenters. The van der Waals surface area contributed by atoms with E-state index in [1.165, 1.54) is 19.3 Å². The van der Waals surface area contributed by atoms with Gasteiger partial charge >= 0.3 is 0 Å². The molecule has 0 bridgehead atoms. The van der Waals surface area contributed by atoms with E-state index in [9.17, 15) is 9.59 Å². The van der Waals surface area contributed by atoms with Crippen LogP contribution in [0.3, 0.4) is 0 Å². The van der Waals surface area contributed by atoms with E-state index >= 15 is 0 Å². The Kier molecular flexibility index (Phi) is 5.40. The third-order valence-corrected chi connectivity index (χ3v) is 4.74. The van der Waals surface area contributed by atoms with Gasteiger partial charge in [-0.15, -0.1) is 0 Å². The van der Waals surface area contributed by atoms with Crippen LogP contribution in [-0.2, 0) is 9.59 Å². The Hall–Kier alpha value is -1.10. The molecule has 1 saturated heterocycles. The van der Waals surface area contributed by atoms with Crippen molar-refractivity contribution in [3.63, 3.8) is 0 Å². The second kappa shape index (κ2) is 7.07. The highest BCUT2D eigenvalue weighted by Crippen LogP contribution is 2.30. The number of nitrogens with zero attached hydrogens (tertiary/aromatic N) is 1. The normalized spacial score (nSPS) is 21.8. The average molecular weight is 281 g/mol. The largest absolute Gasteiger partial charge is 0.347 e. The van der Waals surface area contributed by atoms with Crippen LogP contribution in [0, 0.1) is 0 Å². The van der Waals surface area contributed by atoms with E-state index in [1.54, 1.807) is 0 Å². The Morgan fingerprint density at radius 2 is 1.70 bits per heavy atom. The molecule has 1 heterocycles. The quantitative estimate of drug-likeness (QED) is 0.791. The Labute approximate surface area is 121 Å². The lowest BCUT2D eigenvalue weighted by molar-refractivity contribution is -0.132. The van der Waals surface area contributed by atoms with Gasteiger partial charge in [0.05, 0.1) is 6.54 Å². The van der Waals surface area contributed by atoms with Gasteiger partial charge in [0.1, 0.15) is 0 Å². The van der Waals surface area contributed by atoms with Crippen molar-refractivity contribution in [1.29, 1.82) is 0 Å². The Bertz CT molecular complexity index is 345. The fraction of sp³-hybridized carbons (Fsp3) is 0.867. The van der Waals surface area contributed by atoms with E-state index in [2.05, 4.69) is 10.6 Å². The summed E-state index contributed by atoms with van der Waals surface area (Å²) in [7, 11) is 1.94. The van der Waals surface area contributed by atoms with E-state index in [0.717, 1.165) is 38.8 Å². The summed E-state index contributed by atoms with van der Waals surface area (Å²) in [6, 6.07) is 0. The fourth-order valence-corrected chi connectivity index (χ4v) is 3.37. The van der Waals surface area contributed by atoms with Crippen molar-refractivity contribution in [3.05, 3.63) is 0 Å². The molecule has 0 radical (unpaired) electrons. The molecule has 0 unspecified atom stereocenters. The molecule has 2 N–H and O–H groups in total. The number of hydrogen-bond donors (Lipinski definition) is 2. The molecule has 1 aliphatic heterocycles. The summed E-state index contributed by atoms with van der Waals surface area (Å²) in [5.41, 5.74) is -0.0565. The predicted molar refractivity (Wildman–Crippen MR) is 78.3 cm³/mol. The highest BCUT2D eigenvalue weighted by molar-refractivity contribution is 5.85. The number of nitrogens with one attached hydrogen (secondary N) is 2. The van der Waals surface area contributed by atoms with Gasteiger partial charge in [0.25, 0.3) is 0 Å². The van der Waals surface area contributed by atoms with Crippen LogP contribution in [0.5, 0.6) is 0 Å². The van der Waals surface area contributed by atoms with Gasteiger partial charge < -0.3 is 15.5 Å². The molecule has 2 aliphatic rings. The lowest BCUT2D eigenvalue weighted by Crippen LogP contribution is -2.49. The van der Waals surface area contributed by atoms with Gasteiger partial charge in [-0.3, -0.25) is 9.59 Å². The van der Waals surface area contributed by atoms with Crippen molar-refractivity contribution in [1.82, 2.24) is 15.5 Å². The SMILES string of the molecule is CNC1(CC(=O)NCC(=O)N2CCCC2)CCCCC1. The molecule has 1 aliphatic carbocycles. The number of likely N-dealkylation sites (tertiary alicyclic amines) is 1. The smallest absolute Gasteiger partial charge is 0.241 e. The van der Waals surface area contributed by atoms with Crippen LogP contribution < -0.4 is 10.6 Å². The number of amides is 2. The number of rotatable bonds is 5. The van der Waals surface area contributed by atoms with Crippen molar-refractivity contribution < 1.29 is 9.59 Å². The first-order valence-electron chi connectivity index (χ1n) is 7.89. The summed E-state index contributed by atoms with van der Waals surface area (Å²) in [6.07, 6.45) is 8.38. The summed E-state index contributed by atoms with van der Waals surface area (Å²) in [6.45, 7) is 1.84. The van der Waals surface area contributed by atoms with Crippen LogP contribution in [0.25, 0.3) is 0 Å². The van der Waals surface area contributed by atoms with Crippen LogP contribution in [0.4, 0.5) is 0 Å². The molecule has 20 heavy (non-hydrogen) atoms. The average Bonchev–Trinajstić information content (AvgIpc) is 3.00. The maximum absolute atomic E-state index is 12.1. The number of hydrogen-bond acceptors (Lipinski definition) is 3. The third kappa shape index (κ3) is 3.95. The minimum atomic E-state index is -0.0565. The van der Waals surface area contributed by atoms with Crippen molar-refractivity contribution in [2.45, 2.75) is 56.9 Å². The van der Waals surface area contributed by atoms with Gasteiger partial charge in [-0.05, 0) is 32.7 Å². The first-order valence-corrected chi connectivity index (χ1v) is 7.89. The first kappa shape index (κ1) is 15.3. The molecule has 0 spiro atoms. The lowest BCUT2D eigenvalue weighted by Gasteiger charge is -2.36. The number of carbonyl (C=O) groups excluding carboxylic acids is 2. The zero-order valence-electron chi connectivity index (χ0n) is 12.5. The molecule has 0 aromatic carbocycles. The molecular weight excluding hydrogens is 254 g/mol. The summed E-state index contributed by atoms with van der Waals surface area (Å²) < 4.78 is 0. The monoisotopic (exact) mass is 281 g/mol. The highest BCUT2D eigenvalue weighted by atomic mass is 16.2. The first-order chi connectivity index (χ1) is 9.65. The van der Waals surface area contributed by atoms with E-state index in [1.807, 2.05) is 11.9 Å². The van der Waals surface area contributed by atoms with Crippen molar-refractivity contribution in [2.75, 3.05) is 26.7 Å². The topological polar surface area (TPSA) is 61.4 Å². The van der Waals surface area contributed by atoms with Gasteiger partial charge in [-0.25, -0.2) is 0 Å². The molecule has 0 aromatic rings. The highest BCUT2D eigenvalue weighted by Gasteiger charge is 2.32. The molecule has 2 fully saturated rings. The molecule has 2 amide bonds. The maximum atomic E-state index is 12.1. The molecular formula is C15H27N3O2. The summed E-state index contributed by atoms with van der Waals surface area (Å²) >= 11 is 0. The van der Waals surface area contributed by atoms with E-state index < -0.39 is 0 Å². The Balaban J connectivity index is 1.75. The summed E-state index contributed by atoms with van der Waals surface area (Å²) in [4.78, 5) is 25.8. The molecule has 5 heteroatoms. The zero-order valence-corrected chi connectivity index (χ0v) is 12.5. The second-order valence-electron chi connectivity index (χ2n) is 6.13. The number of carbonyl (C=O) groups is 2. The van der Waals surface area contributed by atoms with E-state index in [-0.39, 0.29) is 23.9 Å². The molecule has 5 nitrogen and oxygen atoms in total. The van der Waals surface area contributed by atoms with Crippen molar-refractivity contribution >= 4 is 11.8 Å². The predicted octanol–water partition coefficient (Wildman–Crippen LogP) is 1.04. The maximum Gasteiger partial charge on any atom is 0.241 e. The molecule has 1 saturated carbocycles. The van der Waals surface area contributed by atoms with Gasteiger partial charge in [0, 0.05) is 25.0 Å². The summed E-state index contributed by atoms with van der Waals surface area (Å²) in [5.74, 6) is 0.0480. The van der Waals surface area contributed by atoms with Crippen LogP contribution in [0.2, 0.25) is 0 Å². The Morgan fingerprint density at radius 3 is 2.30 bits per heavy atom. The molecule has 114 valence electrons. The molecule has 0 aromatic heterocycles. The van der Waals surface area contributed by atoms with Crippen LogP contribution in [0.15, 0.2) is 0 Å². The van der Waals surface area contributed by atoms with Gasteiger partial charge in [0.2, 0.25) is 11.8 Å². The van der Waals surface area contributed by atoms with Crippen LogP contribution in [-0.4, -0.2) is 48.9 Å². The standard InChI is InChI=1S/C15H27N3O2/c1-16-15(7-3-2-4-8-15)11-13(19)17-12-14(20)18-9-5-6-10-18/h16H,2-12H2,1H3,(H,17,19). The van der Waals surface area contributed by atoms with E-state index in [0.29, 0.717) is 6.42 Å². The van der Waals surface area contributed by atoms with Crippen molar-refractivity contribution in [2.24, 2.45) is 0 Å². The Morgan fingerprint density at radius 1 is 1.05 bits per heavy atom. The van der Waals surface area contributed by atoms with Gasteiger partial charge in [-0.1, -0.05) is 19.3 Å². The third-order valence-electron chi connectivity index (χ3n) is 4.74. The van der Waals surface area contributed by atoms with Crippen molar-refractivity contribution in [3.8, 4) is 0 Å². The minimum absolute atomic E-state index is 0.00574. The molecule has 2 rings (SSSR count). The van der Waals surface area contributed by atoms with E-state index in [4.69, 9.17) is 0 Å². The van der Waals surface area contributed by atoms with Gasteiger partial charge in [0.15, 0.2) is 0 Å². The van der Waals surface area contributed by atoms with Gasteiger partial charge in [-0.2, -0.15) is 0 Å². The fourth-order valence-electron chi connectivity index (χ4n) is 3.37. The summed E-state index contributed by atoms with van der Waals surface area (Å²) in [5, 5.41) is 6.13. The van der Waals surface area contributed by atoms with Crippen LogP contribution in [0.1, 0.15) is 51.4 Å². The zero-order chi connectivity index (χ0) is 14.4. The second-order valence-corrected chi connectivity index (χ2v) is 6.13.